The molecule has 4 heteroatoms. The van der Waals surface area contributed by atoms with Gasteiger partial charge in [0.25, 0.3) is 0 Å². The van der Waals surface area contributed by atoms with E-state index in [1.54, 1.807) is 22.7 Å². The van der Waals surface area contributed by atoms with Crippen molar-refractivity contribution >= 4 is 22.7 Å². The van der Waals surface area contributed by atoms with E-state index >= 15 is 0 Å². The first-order valence-electron chi connectivity index (χ1n) is 4.87. The maximum atomic E-state index is 6.15. The monoisotopic (exact) mass is 238 g/mol. The molecule has 15 heavy (non-hydrogen) atoms. The summed E-state index contributed by atoms with van der Waals surface area (Å²) >= 11 is 3.44. The molecule has 0 aromatic carbocycles. The number of aromatic nitrogens is 1. The van der Waals surface area contributed by atoms with E-state index in [0.717, 1.165) is 17.1 Å². The zero-order chi connectivity index (χ0) is 10.8. The maximum Gasteiger partial charge on any atom is 0.0947 e. The van der Waals surface area contributed by atoms with Crippen LogP contribution in [0.15, 0.2) is 16.8 Å². The minimum Gasteiger partial charge on any atom is -0.324 e. The van der Waals surface area contributed by atoms with Gasteiger partial charge in [0.2, 0.25) is 0 Å². The minimum atomic E-state index is 0.0850. The van der Waals surface area contributed by atoms with Gasteiger partial charge < -0.3 is 5.73 Å². The molecule has 0 fully saturated rings. The number of thiophene rings is 1. The molecule has 0 saturated carbocycles. The fourth-order valence-corrected chi connectivity index (χ4v) is 3.18. The molecule has 0 bridgehead atoms. The zero-order valence-electron chi connectivity index (χ0n) is 8.86. The van der Waals surface area contributed by atoms with Gasteiger partial charge in [-0.05, 0) is 30.9 Å². The number of nitrogens with zero attached hydrogens (tertiary/aromatic N) is 1. The second-order valence-corrected chi connectivity index (χ2v) is 5.69. The lowest BCUT2D eigenvalue weighted by atomic mass is 10.1. The van der Waals surface area contributed by atoms with Gasteiger partial charge in [0.05, 0.1) is 5.01 Å². The maximum absolute atomic E-state index is 6.15. The lowest BCUT2D eigenvalue weighted by Gasteiger charge is -2.09. The fraction of sp³-hybridized carbons (Fsp3) is 0.364. The van der Waals surface area contributed by atoms with Crippen LogP contribution in [-0.4, -0.2) is 4.98 Å². The molecular formula is C11H14N2S2. The Balaban J connectivity index is 2.10. The molecule has 0 amide bonds. The summed E-state index contributed by atoms with van der Waals surface area (Å²) in [4.78, 5) is 5.75. The van der Waals surface area contributed by atoms with E-state index in [1.807, 2.05) is 6.92 Å². The minimum absolute atomic E-state index is 0.0850. The summed E-state index contributed by atoms with van der Waals surface area (Å²) in [5, 5.41) is 5.30. The summed E-state index contributed by atoms with van der Waals surface area (Å²) in [6.45, 7) is 4.13. The smallest absolute Gasteiger partial charge is 0.0947 e. The van der Waals surface area contributed by atoms with Crippen molar-refractivity contribution < 1.29 is 0 Å². The van der Waals surface area contributed by atoms with Gasteiger partial charge in [0.1, 0.15) is 0 Å². The quantitative estimate of drug-likeness (QED) is 0.892. The van der Waals surface area contributed by atoms with E-state index in [0.29, 0.717) is 0 Å². The molecule has 0 radical (unpaired) electrons. The van der Waals surface area contributed by atoms with Gasteiger partial charge in [-0.3, -0.25) is 0 Å². The molecule has 0 spiro atoms. The largest absolute Gasteiger partial charge is 0.324 e. The van der Waals surface area contributed by atoms with Crippen molar-refractivity contribution in [2.24, 2.45) is 5.73 Å². The van der Waals surface area contributed by atoms with E-state index in [-0.39, 0.29) is 6.04 Å². The van der Waals surface area contributed by atoms with Gasteiger partial charge in [0, 0.05) is 28.4 Å². The predicted molar refractivity (Wildman–Crippen MR) is 66.5 cm³/mol. The third-order valence-electron chi connectivity index (χ3n) is 2.36. The molecule has 2 rings (SSSR count). The van der Waals surface area contributed by atoms with Crippen molar-refractivity contribution in [1.82, 2.24) is 4.98 Å². The van der Waals surface area contributed by atoms with Crippen LogP contribution in [0.25, 0.3) is 0 Å². The van der Waals surface area contributed by atoms with Gasteiger partial charge >= 0.3 is 0 Å². The lowest BCUT2D eigenvalue weighted by Crippen LogP contribution is -2.13. The number of aryl methyl sites for hydroxylation is 2. The first-order chi connectivity index (χ1) is 7.16. The van der Waals surface area contributed by atoms with Crippen LogP contribution in [-0.2, 0) is 6.42 Å². The zero-order valence-corrected chi connectivity index (χ0v) is 10.5. The van der Waals surface area contributed by atoms with Gasteiger partial charge in [0.15, 0.2) is 0 Å². The van der Waals surface area contributed by atoms with Gasteiger partial charge in [-0.25, -0.2) is 4.98 Å². The van der Waals surface area contributed by atoms with E-state index in [1.165, 1.54) is 10.4 Å². The molecule has 0 aliphatic carbocycles. The fourth-order valence-electron chi connectivity index (χ4n) is 1.57. The highest BCUT2D eigenvalue weighted by Gasteiger charge is 2.12. The van der Waals surface area contributed by atoms with Crippen LogP contribution < -0.4 is 5.73 Å². The highest BCUT2D eigenvalue weighted by molar-refractivity contribution is 7.10. The molecule has 1 unspecified atom stereocenters. The SMILES string of the molecule is Cc1csc(CC(N)c2ccsc2C)n1. The third-order valence-corrected chi connectivity index (χ3v) is 4.21. The number of hydrogen-bond donors (Lipinski definition) is 1. The Labute approximate surface area is 97.8 Å². The average molecular weight is 238 g/mol. The Hall–Kier alpha value is -0.710. The van der Waals surface area contributed by atoms with Crippen molar-refractivity contribution in [3.8, 4) is 0 Å². The van der Waals surface area contributed by atoms with Crippen LogP contribution >= 0.6 is 22.7 Å². The lowest BCUT2D eigenvalue weighted by molar-refractivity contribution is 0.715. The van der Waals surface area contributed by atoms with Crippen LogP contribution in [0.3, 0.4) is 0 Å². The highest BCUT2D eigenvalue weighted by atomic mass is 32.1. The Morgan fingerprint density at radius 1 is 1.40 bits per heavy atom. The van der Waals surface area contributed by atoms with Crippen molar-refractivity contribution in [3.05, 3.63) is 38.0 Å². The van der Waals surface area contributed by atoms with E-state index in [4.69, 9.17) is 5.73 Å². The van der Waals surface area contributed by atoms with E-state index in [2.05, 4.69) is 28.7 Å². The Morgan fingerprint density at radius 3 is 2.73 bits per heavy atom. The Morgan fingerprint density at radius 2 is 2.20 bits per heavy atom. The average Bonchev–Trinajstić information content (AvgIpc) is 2.75. The van der Waals surface area contributed by atoms with Crippen molar-refractivity contribution in [3.63, 3.8) is 0 Å². The van der Waals surface area contributed by atoms with Crippen LogP contribution in [0, 0.1) is 13.8 Å². The molecule has 0 aliphatic rings. The van der Waals surface area contributed by atoms with Crippen LogP contribution in [0.2, 0.25) is 0 Å². The highest BCUT2D eigenvalue weighted by Crippen LogP contribution is 2.24. The molecule has 2 aromatic rings. The molecule has 0 saturated heterocycles. The summed E-state index contributed by atoms with van der Waals surface area (Å²) in [5.74, 6) is 0. The molecule has 2 nitrogen and oxygen atoms in total. The van der Waals surface area contributed by atoms with Crippen molar-refractivity contribution in [2.75, 3.05) is 0 Å². The molecule has 80 valence electrons. The van der Waals surface area contributed by atoms with E-state index < -0.39 is 0 Å². The standard InChI is InChI=1S/C11H14N2S2/c1-7-6-15-11(13-7)5-10(12)9-3-4-14-8(9)2/h3-4,6,10H,5,12H2,1-2H3. The summed E-state index contributed by atoms with van der Waals surface area (Å²) in [5.41, 5.74) is 8.50. The first kappa shape index (κ1) is 10.8. The molecule has 0 aliphatic heterocycles. The summed E-state index contributed by atoms with van der Waals surface area (Å²) < 4.78 is 0. The van der Waals surface area contributed by atoms with Gasteiger partial charge in [-0.2, -0.15) is 0 Å². The van der Waals surface area contributed by atoms with Crippen LogP contribution in [0.5, 0.6) is 0 Å². The molecule has 2 heterocycles. The summed E-state index contributed by atoms with van der Waals surface area (Å²) in [6.07, 6.45) is 0.843. The number of nitrogens with two attached hydrogens (primary N) is 1. The predicted octanol–water partition coefficient (Wildman–Crippen LogP) is 3.06. The second kappa shape index (κ2) is 4.43. The first-order valence-corrected chi connectivity index (χ1v) is 6.63. The third kappa shape index (κ3) is 2.45. The number of rotatable bonds is 3. The second-order valence-electron chi connectivity index (χ2n) is 3.63. The molecule has 1 atom stereocenters. The number of thiazole rings is 1. The summed E-state index contributed by atoms with van der Waals surface area (Å²) in [7, 11) is 0. The topological polar surface area (TPSA) is 38.9 Å². The van der Waals surface area contributed by atoms with Gasteiger partial charge in [-0.15, -0.1) is 22.7 Å². The van der Waals surface area contributed by atoms with E-state index in [9.17, 15) is 0 Å². The van der Waals surface area contributed by atoms with Crippen LogP contribution in [0.1, 0.15) is 27.2 Å². The Kier molecular flexibility index (Phi) is 3.19. The Bertz CT molecular complexity index is 445. The normalized spacial score (nSPS) is 13.0. The molecule has 2 aromatic heterocycles. The van der Waals surface area contributed by atoms with Gasteiger partial charge in [-0.1, -0.05) is 0 Å². The number of hydrogen-bond acceptors (Lipinski definition) is 4. The molecular weight excluding hydrogens is 224 g/mol. The van der Waals surface area contributed by atoms with Crippen molar-refractivity contribution in [2.45, 2.75) is 26.3 Å². The van der Waals surface area contributed by atoms with Crippen LogP contribution in [0.4, 0.5) is 0 Å². The molecule has 2 N–H and O–H groups in total. The summed E-state index contributed by atoms with van der Waals surface area (Å²) in [6, 6.07) is 2.20. The van der Waals surface area contributed by atoms with Crippen molar-refractivity contribution in [1.29, 1.82) is 0 Å².